The third-order valence-electron chi connectivity index (χ3n) is 3.99. The molecule has 0 radical (unpaired) electrons. The maximum atomic E-state index is 12.6. The molecule has 0 aromatic carbocycles. The molecule has 9 heteroatoms. The average molecular weight is 398 g/mol. The molecule has 0 bridgehead atoms. The second-order valence-electron chi connectivity index (χ2n) is 5.85. The molecule has 0 saturated carbocycles. The van der Waals surface area contributed by atoms with Crippen LogP contribution in [0.3, 0.4) is 0 Å². The van der Waals surface area contributed by atoms with E-state index in [-0.39, 0.29) is 9.90 Å². The van der Waals surface area contributed by atoms with Crippen LogP contribution in [0.4, 0.5) is 0 Å². The first kappa shape index (κ1) is 17.9. The van der Waals surface area contributed by atoms with Crippen LogP contribution in [0.2, 0.25) is 5.02 Å². The van der Waals surface area contributed by atoms with Crippen molar-refractivity contribution < 1.29 is 13.2 Å². The predicted octanol–water partition coefficient (Wildman–Crippen LogP) is 3.40. The van der Waals surface area contributed by atoms with Gasteiger partial charge in [0, 0.05) is 17.3 Å². The number of hydrogen-bond donors (Lipinski definition) is 1. The molecule has 0 aliphatic carbocycles. The minimum absolute atomic E-state index is 0.0151. The molecule has 0 saturated heterocycles. The van der Waals surface area contributed by atoms with Gasteiger partial charge in [-0.1, -0.05) is 11.6 Å². The number of hydrogen-bond acceptors (Lipinski definition) is 5. The lowest BCUT2D eigenvalue weighted by Crippen LogP contribution is -2.30. The van der Waals surface area contributed by atoms with Gasteiger partial charge >= 0.3 is 0 Å². The number of nitrogens with one attached hydrogen (secondary N) is 1. The van der Waals surface area contributed by atoms with Gasteiger partial charge in [-0.3, -0.25) is 4.79 Å². The number of imidazole rings is 1. The molecule has 3 heterocycles. The number of pyridine rings is 1. The maximum absolute atomic E-state index is 12.6. The van der Waals surface area contributed by atoms with E-state index in [2.05, 4.69) is 9.71 Å². The van der Waals surface area contributed by atoms with Crippen LogP contribution in [-0.2, 0) is 10.0 Å². The maximum Gasteiger partial charge on any atom is 0.285 e. The minimum atomic E-state index is -3.96. The van der Waals surface area contributed by atoms with Gasteiger partial charge in [0.05, 0.1) is 5.02 Å². The van der Waals surface area contributed by atoms with Gasteiger partial charge in [-0.05, 0) is 50.5 Å². The van der Waals surface area contributed by atoms with Gasteiger partial charge in [0.15, 0.2) is 5.65 Å². The van der Waals surface area contributed by atoms with Crippen molar-refractivity contribution in [2.45, 2.75) is 31.9 Å². The molecule has 1 amide bonds. The number of rotatable bonds is 3. The van der Waals surface area contributed by atoms with Gasteiger partial charge in [0.1, 0.15) is 9.90 Å². The highest BCUT2D eigenvalue weighted by Gasteiger charge is 2.26. The highest BCUT2D eigenvalue weighted by atomic mass is 35.5. The van der Waals surface area contributed by atoms with Crippen LogP contribution < -0.4 is 4.72 Å². The highest BCUT2D eigenvalue weighted by molar-refractivity contribution is 7.92. The summed E-state index contributed by atoms with van der Waals surface area (Å²) < 4.78 is 29.0. The summed E-state index contributed by atoms with van der Waals surface area (Å²) >= 11 is 7.26. The van der Waals surface area contributed by atoms with E-state index in [1.807, 2.05) is 20.8 Å². The fourth-order valence-corrected chi connectivity index (χ4v) is 5.62. The Labute approximate surface area is 154 Å². The quantitative estimate of drug-likeness (QED) is 0.734. The first-order valence-electron chi connectivity index (χ1n) is 7.38. The molecule has 0 atom stereocenters. The smallest absolute Gasteiger partial charge is 0.285 e. The zero-order valence-electron chi connectivity index (χ0n) is 14.0. The topological polar surface area (TPSA) is 80.5 Å². The molecule has 0 aliphatic heterocycles. The molecule has 0 spiro atoms. The van der Waals surface area contributed by atoms with Gasteiger partial charge in [-0.2, -0.15) is 0 Å². The van der Waals surface area contributed by atoms with Crippen molar-refractivity contribution in [2.75, 3.05) is 0 Å². The Morgan fingerprint density at radius 2 is 1.88 bits per heavy atom. The average Bonchev–Trinajstić information content (AvgIpc) is 3.04. The number of carbonyl (C=O) groups is 1. The van der Waals surface area contributed by atoms with Crippen molar-refractivity contribution in [1.82, 2.24) is 14.1 Å². The predicted molar refractivity (Wildman–Crippen MR) is 98.1 cm³/mol. The first-order chi connectivity index (χ1) is 11.6. The van der Waals surface area contributed by atoms with Crippen LogP contribution in [0.1, 0.15) is 32.1 Å². The summed E-state index contributed by atoms with van der Waals surface area (Å²) in [4.78, 5) is 17.4. The molecule has 6 nitrogen and oxygen atoms in total. The zero-order valence-corrected chi connectivity index (χ0v) is 16.4. The number of amides is 1. The largest absolute Gasteiger partial charge is 0.305 e. The minimum Gasteiger partial charge on any atom is -0.305 e. The number of aromatic nitrogens is 2. The highest BCUT2D eigenvalue weighted by Crippen LogP contribution is 2.30. The summed E-state index contributed by atoms with van der Waals surface area (Å²) in [6.45, 7) is 7.29. The number of nitrogens with zero attached hydrogens (tertiary/aromatic N) is 2. The summed E-state index contributed by atoms with van der Waals surface area (Å²) in [7, 11) is -3.96. The number of halogens is 1. The number of aryl methyl sites for hydroxylation is 2. The molecule has 0 fully saturated rings. The van der Waals surface area contributed by atoms with Crippen LogP contribution >= 0.6 is 22.9 Å². The normalized spacial score (nSPS) is 11.9. The van der Waals surface area contributed by atoms with Crippen molar-refractivity contribution in [1.29, 1.82) is 0 Å². The number of fused-ring (bicyclic) bond motifs is 1. The van der Waals surface area contributed by atoms with E-state index in [0.717, 1.165) is 27.3 Å². The number of carbonyl (C=O) groups excluding carboxylic acids is 1. The van der Waals surface area contributed by atoms with Crippen molar-refractivity contribution >= 4 is 44.5 Å². The second-order valence-corrected chi connectivity index (χ2v) is 9.36. The third-order valence-corrected chi connectivity index (χ3v) is 7.53. The summed E-state index contributed by atoms with van der Waals surface area (Å²) in [6.07, 6.45) is 3.21. The monoisotopic (exact) mass is 397 g/mol. The van der Waals surface area contributed by atoms with E-state index in [0.29, 0.717) is 16.2 Å². The summed E-state index contributed by atoms with van der Waals surface area (Å²) in [5.74, 6) is -0.791. The lowest BCUT2D eigenvalue weighted by Gasteiger charge is -2.04. The first-order valence-corrected chi connectivity index (χ1v) is 10.1. The second kappa shape index (κ2) is 6.12. The van der Waals surface area contributed by atoms with E-state index < -0.39 is 15.9 Å². The summed E-state index contributed by atoms with van der Waals surface area (Å²) in [5, 5.41) is 0.391. The standard InChI is InChI=1S/C16H16ClN3O3S2/c1-8-5-12(17)14-18-13(7-20(14)6-8)15(21)19-25(22,23)16-10(3)9(2)11(4)24-16/h5-7H,1-4H3,(H,19,21). The van der Waals surface area contributed by atoms with E-state index in [4.69, 9.17) is 11.6 Å². The molecule has 3 rings (SSSR count). The van der Waals surface area contributed by atoms with E-state index >= 15 is 0 Å². The Balaban J connectivity index is 1.96. The molecular formula is C16H16ClN3O3S2. The van der Waals surface area contributed by atoms with E-state index in [1.165, 1.54) is 6.20 Å². The molecule has 25 heavy (non-hydrogen) atoms. The van der Waals surface area contributed by atoms with Crippen LogP contribution in [0.15, 0.2) is 22.7 Å². The Morgan fingerprint density at radius 1 is 1.20 bits per heavy atom. The molecular weight excluding hydrogens is 382 g/mol. The van der Waals surface area contributed by atoms with Gasteiger partial charge in [-0.25, -0.2) is 18.1 Å². The van der Waals surface area contributed by atoms with E-state index in [1.54, 1.807) is 23.6 Å². The van der Waals surface area contributed by atoms with Crippen molar-refractivity contribution in [2.24, 2.45) is 0 Å². The molecule has 132 valence electrons. The Kier molecular flexibility index (Phi) is 4.38. The number of sulfonamides is 1. The van der Waals surface area contributed by atoms with Crippen LogP contribution in [0, 0.1) is 27.7 Å². The van der Waals surface area contributed by atoms with Crippen molar-refractivity contribution in [3.63, 3.8) is 0 Å². The lowest BCUT2D eigenvalue weighted by atomic mass is 10.2. The van der Waals surface area contributed by atoms with Gasteiger partial charge in [0.2, 0.25) is 0 Å². The van der Waals surface area contributed by atoms with Crippen molar-refractivity contribution in [3.8, 4) is 0 Å². The Hall–Kier alpha value is -1.90. The Bertz CT molecular complexity index is 1110. The SMILES string of the molecule is Cc1cc(Cl)c2nc(C(=O)NS(=O)(=O)c3sc(C)c(C)c3C)cn2c1. The summed E-state index contributed by atoms with van der Waals surface area (Å²) in [6, 6.07) is 1.73. The van der Waals surface area contributed by atoms with Crippen LogP contribution in [-0.4, -0.2) is 23.7 Å². The van der Waals surface area contributed by atoms with Gasteiger partial charge in [0.25, 0.3) is 15.9 Å². The lowest BCUT2D eigenvalue weighted by molar-refractivity contribution is 0.0977. The molecule has 0 aliphatic rings. The van der Waals surface area contributed by atoms with Gasteiger partial charge < -0.3 is 4.40 Å². The zero-order chi connectivity index (χ0) is 18.5. The molecule has 3 aromatic heterocycles. The fourth-order valence-electron chi connectivity index (χ4n) is 2.49. The van der Waals surface area contributed by atoms with Crippen molar-refractivity contribution in [3.05, 3.63) is 50.7 Å². The fraction of sp³-hybridized carbons (Fsp3) is 0.250. The van der Waals surface area contributed by atoms with Crippen LogP contribution in [0.25, 0.3) is 5.65 Å². The third kappa shape index (κ3) is 3.17. The molecule has 1 N–H and O–H groups in total. The summed E-state index contributed by atoms with van der Waals surface area (Å²) in [5.41, 5.74) is 2.84. The van der Waals surface area contributed by atoms with Gasteiger partial charge in [-0.15, -0.1) is 11.3 Å². The Morgan fingerprint density at radius 3 is 2.48 bits per heavy atom. The van der Waals surface area contributed by atoms with Crippen LogP contribution in [0.5, 0.6) is 0 Å². The number of thiophene rings is 1. The van der Waals surface area contributed by atoms with E-state index in [9.17, 15) is 13.2 Å². The molecule has 0 unspecified atom stereocenters. The molecule has 3 aromatic rings.